The molecule has 0 aliphatic heterocycles. The molecule has 0 fully saturated rings. The topological polar surface area (TPSA) is 82.3 Å². The molecule has 1 heterocycles. The third kappa shape index (κ3) is 3.57. The van der Waals surface area contributed by atoms with Gasteiger partial charge in [-0.25, -0.2) is 0 Å². The zero-order valence-electron chi connectivity index (χ0n) is 10.7. The van der Waals surface area contributed by atoms with Crippen LogP contribution in [0.1, 0.15) is 16.1 Å². The van der Waals surface area contributed by atoms with Gasteiger partial charge < -0.3 is 4.74 Å². The minimum atomic E-state index is -5.07. The summed E-state index contributed by atoms with van der Waals surface area (Å²) in [5.74, 6) is -1.64. The van der Waals surface area contributed by atoms with Crippen LogP contribution in [0.3, 0.4) is 0 Å². The molecule has 6 nitrogen and oxygen atoms in total. The van der Waals surface area contributed by atoms with Gasteiger partial charge in [-0.15, -0.1) is 13.2 Å². The van der Waals surface area contributed by atoms with E-state index in [-0.39, 0.29) is 11.3 Å². The minimum Gasteiger partial charge on any atom is -0.398 e. The molecule has 1 aromatic carbocycles. The lowest BCUT2D eigenvalue weighted by Crippen LogP contribution is -2.18. The molecule has 2 rings (SSSR count). The Hall–Kier alpha value is -2.97. The van der Waals surface area contributed by atoms with Gasteiger partial charge in [0.1, 0.15) is 5.69 Å². The summed E-state index contributed by atoms with van der Waals surface area (Å²) in [7, 11) is 0. The molecular weight excluding hydrogens is 305 g/mol. The first-order chi connectivity index (χ1) is 10.3. The van der Waals surface area contributed by atoms with E-state index in [9.17, 15) is 28.1 Å². The van der Waals surface area contributed by atoms with Gasteiger partial charge in [-0.3, -0.25) is 19.9 Å². The van der Waals surface area contributed by atoms with Crippen molar-refractivity contribution in [3.05, 3.63) is 64.0 Å². The van der Waals surface area contributed by atoms with Crippen LogP contribution in [0.5, 0.6) is 5.75 Å². The molecule has 2 aromatic rings. The molecule has 0 amide bonds. The standard InChI is InChI=1S/C13H7F3N2O4/c14-13(15,16)22-11-5-4-8(7-10(11)18(20)21)12(19)9-3-1-2-6-17-9/h1-7H. The quantitative estimate of drug-likeness (QED) is 0.492. The van der Waals surface area contributed by atoms with Gasteiger partial charge in [0.25, 0.3) is 0 Å². The van der Waals surface area contributed by atoms with Gasteiger partial charge in [0.2, 0.25) is 11.5 Å². The Bertz CT molecular complexity index is 717. The van der Waals surface area contributed by atoms with E-state index in [0.717, 1.165) is 18.2 Å². The highest BCUT2D eigenvalue weighted by Gasteiger charge is 2.34. The Labute approximate surface area is 121 Å². The largest absolute Gasteiger partial charge is 0.573 e. The van der Waals surface area contributed by atoms with Crippen molar-refractivity contribution in [3.8, 4) is 5.75 Å². The van der Waals surface area contributed by atoms with Crippen LogP contribution < -0.4 is 4.74 Å². The highest BCUT2D eigenvalue weighted by Crippen LogP contribution is 2.33. The summed E-state index contributed by atoms with van der Waals surface area (Å²) in [6.07, 6.45) is -3.72. The van der Waals surface area contributed by atoms with Gasteiger partial charge in [0.15, 0.2) is 0 Å². The predicted molar refractivity (Wildman–Crippen MR) is 67.4 cm³/mol. The second kappa shape index (κ2) is 5.80. The predicted octanol–water partition coefficient (Wildman–Crippen LogP) is 3.12. The van der Waals surface area contributed by atoms with Crippen LogP contribution in [0.25, 0.3) is 0 Å². The normalized spacial score (nSPS) is 11.0. The third-order valence-electron chi connectivity index (χ3n) is 2.54. The molecule has 0 aliphatic rings. The number of ketones is 1. The van der Waals surface area contributed by atoms with Gasteiger partial charge in [0, 0.05) is 17.8 Å². The number of alkyl halides is 3. The summed E-state index contributed by atoms with van der Waals surface area (Å²) in [6.45, 7) is 0. The molecule has 0 atom stereocenters. The molecule has 0 unspecified atom stereocenters. The molecule has 1 aromatic heterocycles. The number of carbonyl (C=O) groups excluding carboxylic acids is 1. The number of hydrogen-bond donors (Lipinski definition) is 0. The Kier molecular flexibility index (Phi) is 4.06. The summed E-state index contributed by atoms with van der Waals surface area (Å²) in [5, 5.41) is 10.9. The van der Waals surface area contributed by atoms with Crippen molar-refractivity contribution < 1.29 is 27.6 Å². The SMILES string of the molecule is O=C(c1ccc(OC(F)(F)F)c([N+](=O)[O-])c1)c1ccccn1. The van der Waals surface area contributed by atoms with E-state index < -0.39 is 28.5 Å². The van der Waals surface area contributed by atoms with Crippen molar-refractivity contribution in [1.29, 1.82) is 0 Å². The van der Waals surface area contributed by atoms with E-state index in [1.165, 1.54) is 18.3 Å². The summed E-state index contributed by atoms with van der Waals surface area (Å²) in [6, 6.07) is 6.94. The van der Waals surface area contributed by atoms with Gasteiger partial charge in [-0.05, 0) is 24.3 Å². The average Bonchev–Trinajstić information content (AvgIpc) is 2.46. The maximum absolute atomic E-state index is 12.2. The van der Waals surface area contributed by atoms with Crippen LogP contribution in [-0.2, 0) is 0 Å². The van der Waals surface area contributed by atoms with Crippen molar-refractivity contribution in [3.63, 3.8) is 0 Å². The van der Waals surface area contributed by atoms with E-state index in [2.05, 4.69) is 9.72 Å². The number of nitrogens with zero attached hydrogens (tertiary/aromatic N) is 2. The van der Waals surface area contributed by atoms with Crippen LogP contribution in [0, 0.1) is 10.1 Å². The van der Waals surface area contributed by atoms with Crippen molar-refractivity contribution in [2.45, 2.75) is 6.36 Å². The maximum Gasteiger partial charge on any atom is 0.573 e. The lowest BCUT2D eigenvalue weighted by atomic mass is 10.1. The first-order valence-corrected chi connectivity index (χ1v) is 5.78. The van der Waals surface area contributed by atoms with E-state index in [1.54, 1.807) is 6.07 Å². The van der Waals surface area contributed by atoms with Crippen LogP contribution in [-0.4, -0.2) is 22.1 Å². The molecule has 22 heavy (non-hydrogen) atoms. The number of nitro benzene ring substituents is 1. The lowest BCUT2D eigenvalue weighted by molar-refractivity contribution is -0.388. The summed E-state index contributed by atoms with van der Waals surface area (Å²) in [4.78, 5) is 25.6. The Balaban J connectivity index is 2.42. The first kappa shape index (κ1) is 15.4. The second-order valence-corrected chi connectivity index (χ2v) is 4.03. The Morgan fingerprint density at radius 3 is 2.50 bits per heavy atom. The summed E-state index contributed by atoms with van der Waals surface area (Å²) < 4.78 is 40.1. The third-order valence-corrected chi connectivity index (χ3v) is 2.54. The second-order valence-electron chi connectivity index (χ2n) is 4.03. The lowest BCUT2D eigenvalue weighted by Gasteiger charge is -2.09. The maximum atomic E-state index is 12.2. The van der Waals surface area contributed by atoms with Gasteiger partial charge >= 0.3 is 12.0 Å². The molecule has 0 saturated carbocycles. The summed E-state index contributed by atoms with van der Waals surface area (Å²) >= 11 is 0. The number of benzene rings is 1. The number of hydrogen-bond acceptors (Lipinski definition) is 5. The fourth-order valence-corrected chi connectivity index (χ4v) is 1.66. The molecule has 0 saturated heterocycles. The number of carbonyl (C=O) groups is 1. The monoisotopic (exact) mass is 312 g/mol. The van der Waals surface area contributed by atoms with Crippen LogP contribution >= 0.6 is 0 Å². The molecule has 9 heteroatoms. The van der Waals surface area contributed by atoms with Crippen molar-refractivity contribution in [2.75, 3.05) is 0 Å². The molecule has 0 bridgehead atoms. The molecule has 0 spiro atoms. The zero-order chi connectivity index (χ0) is 16.3. The van der Waals surface area contributed by atoms with Crippen molar-refractivity contribution >= 4 is 11.5 Å². The van der Waals surface area contributed by atoms with E-state index in [4.69, 9.17) is 0 Å². The molecule has 114 valence electrons. The summed E-state index contributed by atoms with van der Waals surface area (Å²) in [5.41, 5.74) is -1.11. The van der Waals surface area contributed by atoms with Crippen LogP contribution in [0.2, 0.25) is 0 Å². The van der Waals surface area contributed by atoms with Crippen molar-refractivity contribution in [2.24, 2.45) is 0 Å². The Morgan fingerprint density at radius 2 is 1.95 bits per heavy atom. The Morgan fingerprint density at radius 1 is 1.23 bits per heavy atom. The van der Waals surface area contributed by atoms with Gasteiger partial charge in [-0.1, -0.05) is 6.07 Å². The zero-order valence-corrected chi connectivity index (χ0v) is 10.7. The first-order valence-electron chi connectivity index (χ1n) is 5.78. The van der Waals surface area contributed by atoms with Crippen molar-refractivity contribution in [1.82, 2.24) is 4.98 Å². The fourth-order valence-electron chi connectivity index (χ4n) is 1.66. The number of rotatable bonds is 4. The van der Waals surface area contributed by atoms with E-state index in [1.807, 2.05) is 0 Å². The smallest absolute Gasteiger partial charge is 0.398 e. The number of halogens is 3. The number of ether oxygens (including phenoxy) is 1. The van der Waals surface area contributed by atoms with E-state index >= 15 is 0 Å². The fraction of sp³-hybridized carbons (Fsp3) is 0.0769. The average molecular weight is 312 g/mol. The van der Waals surface area contributed by atoms with Gasteiger partial charge in [0.05, 0.1) is 4.92 Å². The van der Waals surface area contributed by atoms with Crippen LogP contribution in [0.4, 0.5) is 18.9 Å². The van der Waals surface area contributed by atoms with E-state index in [0.29, 0.717) is 0 Å². The molecule has 0 radical (unpaired) electrons. The number of nitro groups is 1. The molecule has 0 N–H and O–H groups in total. The van der Waals surface area contributed by atoms with Gasteiger partial charge in [-0.2, -0.15) is 0 Å². The van der Waals surface area contributed by atoms with Crippen LogP contribution in [0.15, 0.2) is 42.6 Å². The number of aromatic nitrogens is 1. The highest BCUT2D eigenvalue weighted by atomic mass is 19.4. The number of pyridine rings is 1. The minimum absolute atomic E-state index is 0.0151. The molecular formula is C13H7F3N2O4. The molecule has 0 aliphatic carbocycles. The highest BCUT2D eigenvalue weighted by molar-refractivity contribution is 6.08.